The standard InChI is InChI=1S/C53H40N2/c1-32-25-46(52(27-34(32)3)54-48-17-9-5-13-40(48)41-14-6-10-18-49(41)54)38-23-21-36-29-37-22-24-39(31-45(37)44(36)30-38)47-26-33(2)35(4)28-53(47)55-50-19-11-7-15-42(50)43-16-8-12-20-51(43)55/h5-28,30-31H,29H2,1-4H3. The maximum absolute atomic E-state index is 2.47. The number of para-hydroxylation sites is 4. The highest BCUT2D eigenvalue weighted by atomic mass is 15.0. The van der Waals surface area contributed by atoms with Gasteiger partial charge in [-0.25, -0.2) is 0 Å². The SMILES string of the molecule is Cc1cc(-c2ccc3c(c2)-c2cc(-c4cc(C)c(C)cc4-n4c5ccccc5c5ccccc54)ccc2C3)c(-n2c3ccccc3c3ccccc32)cc1C. The summed E-state index contributed by atoms with van der Waals surface area (Å²) in [6, 6.07) is 59.2. The van der Waals surface area contributed by atoms with Gasteiger partial charge in [-0.2, -0.15) is 0 Å². The van der Waals surface area contributed by atoms with Gasteiger partial charge in [0, 0.05) is 32.7 Å². The predicted molar refractivity (Wildman–Crippen MR) is 233 cm³/mol. The third-order valence-electron chi connectivity index (χ3n) is 12.4. The van der Waals surface area contributed by atoms with Gasteiger partial charge in [0.15, 0.2) is 0 Å². The number of fused-ring (bicyclic) bond motifs is 9. The van der Waals surface area contributed by atoms with Crippen molar-refractivity contribution in [2.45, 2.75) is 34.1 Å². The molecule has 0 aliphatic heterocycles. The minimum absolute atomic E-state index is 0.949. The van der Waals surface area contributed by atoms with E-state index in [9.17, 15) is 0 Å². The Labute approximate surface area is 321 Å². The fourth-order valence-electron chi connectivity index (χ4n) is 9.30. The average molecular weight is 705 g/mol. The third-order valence-corrected chi connectivity index (χ3v) is 12.4. The van der Waals surface area contributed by atoms with Gasteiger partial charge in [-0.1, -0.05) is 97.1 Å². The van der Waals surface area contributed by atoms with E-state index in [0.717, 1.165) is 6.42 Å². The van der Waals surface area contributed by atoms with E-state index in [-0.39, 0.29) is 0 Å². The van der Waals surface area contributed by atoms with Gasteiger partial charge in [0.1, 0.15) is 0 Å². The van der Waals surface area contributed by atoms with E-state index < -0.39 is 0 Å². The summed E-state index contributed by atoms with van der Waals surface area (Å²) in [6.45, 7) is 8.94. The van der Waals surface area contributed by atoms with Crippen molar-refractivity contribution in [2.75, 3.05) is 0 Å². The molecule has 0 bridgehead atoms. The molecule has 2 heterocycles. The summed E-state index contributed by atoms with van der Waals surface area (Å²) < 4.78 is 4.95. The normalized spacial score (nSPS) is 12.3. The summed E-state index contributed by atoms with van der Waals surface area (Å²) in [5, 5.41) is 5.13. The van der Waals surface area contributed by atoms with Crippen LogP contribution >= 0.6 is 0 Å². The fraction of sp³-hybridized carbons (Fsp3) is 0.0943. The number of aromatic nitrogens is 2. The zero-order chi connectivity index (χ0) is 36.9. The number of benzene rings is 8. The Balaban J connectivity index is 1.10. The van der Waals surface area contributed by atoms with Crippen molar-refractivity contribution in [3.05, 3.63) is 191 Å². The van der Waals surface area contributed by atoms with E-state index in [1.165, 1.54) is 122 Å². The van der Waals surface area contributed by atoms with Gasteiger partial charge < -0.3 is 9.13 Å². The average Bonchev–Trinajstić information content (AvgIpc) is 3.87. The van der Waals surface area contributed by atoms with Crippen LogP contribution in [0.25, 0.3) is 88.4 Å². The van der Waals surface area contributed by atoms with Gasteiger partial charge in [-0.05, 0) is 150 Å². The Kier molecular flexibility index (Phi) is 6.91. The maximum atomic E-state index is 2.47. The van der Waals surface area contributed by atoms with Crippen molar-refractivity contribution in [2.24, 2.45) is 0 Å². The molecule has 2 aromatic heterocycles. The summed E-state index contributed by atoms with van der Waals surface area (Å²) >= 11 is 0. The molecule has 2 nitrogen and oxygen atoms in total. The van der Waals surface area contributed by atoms with E-state index in [0.29, 0.717) is 0 Å². The first-order valence-corrected chi connectivity index (χ1v) is 19.4. The van der Waals surface area contributed by atoms with Crippen molar-refractivity contribution in [1.29, 1.82) is 0 Å². The highest BCUT2D eigenvalue weighted by Gasteiger charge is 2.24. The highest BCUT2D eigenvalue weighted by molar-refractivity contribution is 6.11. The van der Waals surface area contributed by atoms with Gasteiger partial charge >= 0.3 is 0 Å². The molecule has 0 atom stereocenters. The predicted octanol–water partition coefficient (Wildman–Crippen LogP) is 14.0. The summed E-state index contributed by atoms with van der Waals surface area (Å²) in [7, 11) is 0. The Morgan fingerprint density at radius 1 is 0.327 bits per heavy atom. The largest absolute Gasteiger partial charge is 0.309 e. The number of hydrogen-bond acceptors (Lipinski definition) is 0. The second kappa shape index (κ2) is 11.9. The molecule has 10 aromatic rings. The van der Waals surface area contributed by atoms with E-state index in [1.54, 1.807) is 0 Å². The van der Waals surface area contributed by atoms with Crippen molar-refractivity contribution in [3.8, 4) is 44.8 Å². The number of aryl methyl sites for hydroxylation is 4. The molecule has 0 amide bonds. The summed E-state index contributed by atoms with van der Waals surface area (Å²) in [4.78, 5) is 0. The van der Waals surface area contributed by atoms with Crippen LogP contribution in [-0.2, 0) is 6.42 Å². The van der Waals surface area contributed by atoms with Crippen molar-refractivity contribution in [3.63, 3.8) is 0 Å². The van der Waals surface area contributed by atoms with Crippen LogP contribution in [0.15, 0.2) is 158 Å². The molecule has 0 saturated carbocycles. The Bertz CT molecular complexity index is 2900. The Morgan fingerprint density at radius 3 is 1.02 bits per heavy atom. The molecule has 0 unspecified atom stereocenters. The van der Waals surface area contributed by atoms with Crippen LogP contribution in [-0.4, -0.2) is 9.13 Å². The molecule has 2 heteroatoms. The molecule has 0 N–H and O–H groups in total. The third kappa shape index (κ3) is 4.74. The van der Waals surface area contributed by atoms with Gasteiger partial charge in [0.05, 0.1) is 33.4 Å². The van der Waals surface area contributed by atoms with Gasteiger partial charge in [0.2, 0.25) is 0 Å². The lowest BCUT2D eigenvalue weighted by Gasteiger charge is -2.18. The fourth-order valence-corrected chi connectivity index (χ4v) is 9.30. The van der Waals surface area contributed by atoms with Crippen LogP contribution in [0.1, 0.15) is 33.4 Å². The molecule has 1 aliphatic rings. The molecule has 0 fully saturated rings. The molecule has 0 saturated heterocycles. The first-order valence-electron chi connectivity index (χ1n) is 19.4. The zero-order valence-electron chi connectivity index (χ0n) is 31.6. The first kappa shape index (κ1) is 31.8. The van der Waals surface area contributed by atoms with E-state index in [4.69, 9.17) is 0 Å². The molecule has 0 spiro atoms. The number of nitrogens with zero attached hydrogens (tertiary/aromatic N) is 2. The van der Waals surface area contributed by atoms with Crippen LogP contribution < -0.4 is 0 Å². The minimum atomic E-state index is 0.949. The number of hydrogen-bond donors (Lipinski definition) is 0. The van der Waals surface area contributed by atoms with Crippen molar-refractivity contribution < 1.29 is 0 Å². The topological polar surface area (TPSA) is 9.86 Å². The molecule has 1 aliphatic carbocycles. The quantitative estimate of drug-likeness (QED) is 0.173. The summed E-state index contributed by atoms with van der Waals surface area (Å²) in [5.74, 6) is 0. The van der Waals surface area contributed by atoms with Crippen molar-refractivity contribution in [1.82, 2.24) is 9.13 Å². The molecular weight excluding hydrogens is 665 g/mol. The second-order valence-corrected chi connectivity index (χ2v) is 15.6. The lowest BCUT2D eigenvalue weighted by molar-refractivity contribution is 1.16. The van der Waals surface area contributed by atoms with Gasteiger partial charge in [-0.15, -0.1) is 0 Å². The second-order valence-electron chi connectivity index (χ2n) is 15.6. The maximum Gasteiger partial charge on any atom is 0.0543 e. The van der Waals surface area contributed by atoms with Crippen LogP contribution in [0.4, 0.5) is 0 Å². The molecule has 11 rings (SSSR count). The first-order chi connectivity index (χ1) is 26.9. The van der Waals surface area contributed by atoms with Crippen LogP contribution in [0, 0.1) is 27.7 Å². The van der Waals surface area contributed by atoms with E-state index >= 15 is 0 Å². The van der Waals surface area contributed by atoms with Crippen molar-refractivity contribution >= 4 is 43.6 Å². The van der Waals surface area contributed by atoms with E-state index in [1.807, 2.05) is 0 Å². The molecular formula is C53H40N2. The van der Waals surface area contributed by atoms with Gasteiger partial charge in [0.25, 0.3) is 0 Å². The smallest absolute Gasteiger partial charge is 0.0543 e. The molecule has 262 valence electrons. The van der Waals surface area contributed by atoms with Gasteiger partial charge in [-0.3, -0.25) is 0 Å². The lowest BCUT2D eigenvalue weighted by Crippen LogP contribution is -2.00. The van der Waals surface area contributed by atoms with Crippen LogP contribution in [0.2, 0.25) is 0 Å². The minimum Gasteiger partial charge on any atom is -0.309 e. The highest BCUT2D eigenvalue weighted by Crippen LogP contribution is 2.45. The summed E-state index contributed by atoms with van der Waals surface area (Å²) in [6.07, 6.45) is 0.949. The van der Waals surface area contributed by atoms with Crippen LogP contribution in [0.3, 0.4) is 0 Å². The molecule has 0 radical (unpaired) electrons. The monoisotopic (exact) mass is 704 g/mol. The Morgan fingerprint density at radius 2 is 0.655 bits per heavy atom. The number of rotatable bonds is 4. The molecule has 55 heavy (non-hydrogen) atoms. The van der Waals surface area contributed by atoms with Crippen LogP contribution in [0.5, 0.6) is 0 Å². The summed E-state index contributed by atoms with van der Waals surface area (Å²) in [5.41, 5.74) is 23.0. The zero-order valence-corrected chi connectivity index (χ0v) is 31.6. The lowest BCUT2D eigenvalue weighted by atomic mass is 9.92. The molecule has 8 aromatic carbocycles. The van der Waals surface area contributed by atoms with E-state index in [2.05, 4.69) is 195 Å². The Hall–Kier alpha value is -6.64.